The molecular formula is C11H13N5O5S2. The van der Waals surface area contributed by atoms with Gasteiger partial charge in [-0.05, 0) is 6.92 Å². The summed E-state index contributed by atoms with van der Waals surface area (Å²) in [6.07, 6.45) is 0.788. The second-order valence-corrected chi connectivity index (χ2v) is 7.32. The number of anilines is 1. The third-order valence-corrected chi connectivity index (χ3v) is 5.23. The number of aryl methyl sites for hydroxylation is 1. The Balaban J connectivity index is 2.39. The van der Waals surface area contributed by atoms with Gasteiger partial charge in [-0.2, -0.15) is 0 Å². The molecule has 124 valence electrons. The highest BCUT2D eigenvalue weighted by Gasteiger charge is 2.23. The molecule has 0 atom stereocenters. The maximum atomic E-state index is 12.2. The number of amides is 1. The number of sulfonamides is 1. The van der Waals surface area contributed by atoms with Crippen LogP contribution in [0.2, 0.25) is 0 Å². The van der Waals surface area contributed by atoms with E-state index in [1.807, 2.05) is 4.98 Å². The molecule has 0 saturated heterocycles. The van der Waals surface area contributed by atoms with Crippen molar-refractivity contribution < 1.29 is 13.2 Å². The van der Waals surface area contributed by atoms with E-state index in [0.29, 0.717) is 5.69 Å². The van der Waals surface area contributed by atoms with E-state index in [0.717, 1.165) is 17.5 Å². The first-order chi connectivity index (χ1) is 10.6. The number of carbonyl (C=O) groups excluding carboxylic acids is 1. The van der Waals surface area contributed by atoms with E-state index in [-0.39, 0.29) is 15.9 Å². The molecule has 2 aromatic heterocycles. The number of aromatic amines is 2. The number of nitrogens with one attached hydrogen (secondary N) is 3. The van der Waals surface area contributed by atoms with Gasteiger partial charge in [0.05, 0.1) is 5.69 Å². The molecule has 0 spiro atoms. The van der Waals surface area contributed by atoms with Gasteiger partial charge in [-0.3, -0.25) is 19.3 Å². The van der Waals surface area contributed by atoms with Gasteiger partial charge in [0.1, 0.15) is 4.88 Å². The molecular weight excluding hydrogens is 346 g/mol. The Morgan fingerprint density at radius 3 is 2.57 bits per heavy atom. The predicted molar refractivity (Wildman–Crippen MR) is 83.4 cm³/mol. The van der Waals surface area contributed by atoms with E-state index in [1.54, 1.807) is 21.0 Å². The molecule has 0 fully saturated rings. The Morgan fingerprint density at radius 2 is 2.00 bits per heavy atom. The van der Waals surface area contributed by atoms with E-state index in [9.17, 15) is 22.8 Å². The highest BCUT2D eigenvalue weighted by atomic mass is 32.2. The van der Waals surface area contributed by atoms with E-state index in [4.69, 9.17) is 0 Å². The van der Waals surface area contributed by atoms with E-state index >= 15 is 0 Å². The van der Waals surface area contributed by atoms with Crippen molar-refractivity contribution in [2.24, 2.45) is 0 Å². The summed E-state index contributed by atoms with van der Waals surface area (Å²) in [5.41, 5.74) is -1.51. The number of hydrogen-bond donors (Lipinski definition) is 3. The number of carbonyl (C=O) groups is 1. The number of H-pyrrole nitrogens is 2. The van der Waals surface area contributed by atoms with Gasteiger partial charge in [-0.1, -0.05) is 11.3 Å². The van der Waals surface area contributed by atoms with Crippen molar-refractivity contribution in [1.82, 2.24) is 19.9 Å². The number of aromatic nitrogens is 3. The third kappa shape index (κ3) is 3.48. The fraction of sp³-hybridized carbons (Fsp3) is 0.273. The molecule has 1 amide bonds. The average Bonchev–Trinajstić information content (AvgIpc) is 2.77. The number of nitrogens with zero attached hydrogens (tertiary/aromatic N) is 2. The van der Waals surface area contributed by atoms with Crippen molar-refractivity contribution in [1.29, 1.82) is 0 Å². The van der Waals surface area contributed by atoms with Gasteiger partial charge in [0.15, 0.2) is 10.0 Å². The zero-order valence-electron chi connectivity index (χ0n) is 12.3. The lowest BCUT2D eigenvalue weighted by Gasteiger charge is -2.07. The minimum Gasteiger partial charge on any atom is -0.344 e. The molecule has 0 aliphatic heterocycles. The molecule has 23 heavy (non-hydrogen) atoms. The fourth-order valence-electron chi connectivity index (χ4n) is 1.61. The fourth-order valence-corrected chi connectivity index (χ4v) is 3.84. The molecule has 0 aliphatic carbocycles. The monoisotopic (exact) mass is 359 g/mol. The zero-order chi connectivity index (χ0) is 17.4. The number of rotatable bonds is 4. The summed E-state index contributed by atoms with van der Waals surface area (Å²) in [5, 5.41) is -0.0571. The normalized spacial score (nSPS) is 11.3. The van der Waals surface area contributed by atoms with Crippen LogP contribution in [0.25, 0.3) is 0 Å². The minimum absolute atomic E-state index is 0.0571. The third-order valence-electron chi connectivity index (χ3n) is 2.69. The molecule has 12 heteroatoms. The molecule has 0 saturated carbocycles. The Labute approximate surface area is 134 Å². The van der Waals surface area contributed by atoms with Gasteiger partial charge in [0.25, 0.3) is 21.5 Å². The molecule has 0 unspecified atom stereocenters. The van der Waals surface area contributed by atoms with Crippen molar-refractivity contribution in [3.8, 4) is 0 Å². The van der Waals surface area contributed by atoms with Gasteiger partial charge < -0.3 is 9.88 Å². The molecule has 2 heterocycles. The molecule has 0 bridgehead atoms. The molecule has 0 aliphatic rings. The van der Waals surface area contributed by atoms with Crippen molar-refractivity contribution >= 4 is 32.4 Å². The molecule has 2 aromatic rings. The molecule has 0 radical (unpaired) electrons. The summed E-state index contributed by atoms with van der Waals surface area (Å²) < 4.78 is 26.5. The standard InChI is InChI=1S/C11H13N5O5S2/c1-5-7(9(18)16(2)3)22-11(13-5)15-23(20,21)6-4-12-10(19)14-8(6)17/h4H,1-3H3,(H,13,15)(H2,12,14,17,19). The minimum atomic E-state index is -4.25. The summed E-state index contributed by atoms with van der Waals surface area (Å²) >= 11 is 0.850. The second kappa shape index (κ2) is 5.96. The second-order valence-electron chi connectivity index (χ2n) is 4.67. The van der Waals surface area contributed by atoms with Crippen LogP contribution in [0.1, 0.15) is 15.4 Å². The van der Waals surface area contributed by atoms with E-state index in [1.165, 1.54) is 4.90 Å². The first-order valence-electron chi connectivity index (χ1n) is 6.15. The Kier molecular flexibility index (Phi) is 4.38. The van der Waals surface area contributed by atoms with Crippen LogP contribution in [0.3, 0.4) is 0 Å². The van der Waals surface area contributed by atoms with Gasteiger partial charge >= 0.3 is 5.69 Å². The lowest BCUT2D eigenvalue weighted by Crippen LogP contribution is -2.29. The van der Waals surface area contributed by atoms with Crippen LogP contribution in [0.5, 0.6) is 0 Å². The van der Waals surface area contributed by atoms with Crippen LogP contribution in [0, 0.1) is 6.92 Å². The van der Waals surface area contributed by atoms with Gasteiger partial charge in [0, 0.05) is 20.3 Å². The lowest BCUT2D eigenvalue weighted by atomic mass is 10.3. The van der Waals surface area contributed by atoms with Gasteiger partial charge in [0.2, 0.25) is 0 Å². The Bertz CT molecular complexity index is 969. The first-order valence-corrected chi connectivity index (χ1v) is 8.45. The summed E-state index contributed by atoms with van der Waals surface area (Å²) in [5.74, 6) is -0.313. The van der Waals surface area contributed by atoms with Crippen molar-refractivity contribution in [2.75, 3.05) is 18.8 Å². The molecule has 3 N–H and O–H groups in total. The topological polar surface area (TPSA) is 145 Å². The quantitative estimate of drug-likeness (QED) is 0.660. The van der Waals surface area contributed by atoms with Crippen LogP contribution in [-0.4, -0.2) is 48.3 Å². The summed E-state index contributed by atoms with van der Waals surface area (Å²) in [7, 11) is -1.13. The summed E-state index contributed by atoms with van der Waals surface area (Å²) in [4.78, 5) is 43.3. The predicted octanol–water partition coefficient (Wildman–Crippen LogP) is -0.669. The summed E-state index contributed by atoms with van der Waals surface area (Å²) in [6.45, 7) is 1.57. The van der Waals surface area contributed by atoms with Crippen LogP contribution < -0.4 is 16.0 Å². The Morgan fingerprint density at radius 1 is 1.35 bits per heavy atom. The van der Waals surface area contributed by atoms with Crippen molar-refractivity contribution in [3.63, 3.8) is 0 Å². The zero-order valence-corrected chi connectivity index (χ0v) is 14.0. The highest BCUT2D eigenvalue weighted by molar-refractivity contribution is 7.93. The molecule has 10 nitrogen and oxygen atoms in total. The van der Waals surface area contributed by atoms with E-state index in [2.05, 4.69) is 14.7 Å². The maximum Gasteiger partial charge on any atom is 0.325 e. The van der Waals surface area contributed by atoms with Crippen LogP contribution in [-0.2, 0) is 10.0 Å². The number of thiazole rings is 1. The number of hydrogen-bond acceptors (Lipinski definition) is 7. The molecule has 0 aromatic carbocycles. The maximum absolute atomic E-state index is 12.2. The smallest absolute Gasteiger partial charge is 0.325 e. The highest BCUT2D eigenvalue weighted by Crippen LogP contribution is 2.25. The summed E-state index contributed by atoms with van der Waals surface area (Å²) in [6, 6.07) is 0. The van der Waals surface area contributed by atoms with Crippen LogP contribution in [0.4, 0.5) is 5.13 Å². The van der Waals surface area contributed by atoms with Gasteiger partial charge in [-0.25, -0.2) is 18.2 Å². The van der Waals surface area contributed by atoms with Crippen molar-refractivity contribution in [2.45, 2.75) is 11.8 Å². The molecule has 2 rings (SSSR count). The van der Waals surface area contributed by atoms with Crippen LogP contribution >= 0.6 is 11.3 Å². The largest absolute Gasteiger partial charge is 0.344 e. The van der Waals surface area contributed by atoms with E-state index < -0.39 is 26.2 Å². The Hall–Kier alpha value is -2.47. The van der Waals surface area contributed by atoms with Crippen molar-refractivity contribution in [3.05, 3.63) is 37.6 Å². The lowest BCUT2D eigenvalue weighted by molar-refractivity contribution is 0.0831. The van der Waals surface area contributed by atoms with Gasteiger partial charge in [-0.15, -0.1) is 0 Å². The SMILES string of the molecule is Cc1nc(NS(=O)(=O)c2c[nH]c(=O)[nH]c2=O)sc1C(=O)N(C)C. The average molecular weight is 359 g/mol. The first kappa shape index (κ1) is 16.9. The van der Waals surface area contributed by atoms with Crippen LogP contribution in [0.15, 0.2) is 20.7 Å².